The van der Waals surface area contributed by atoms with Gasteiger partial charge in [-0.15, -0.1) is 0 Å². The predicted octanol–water partition coefficient (Wildman–Crippen LogP) is 0.597. The largest absolute Gasteiger partial charge is 2.00 e. The van der Waals surface area contributed by atoms with Gasteiger partial charge in [-0.2, -0.15) is 0 Å². The fourth-order valence-corrected chi connectivity index (χ4v) is 0.0625. The van der Waals surface area contributed by atoms with Gasteiger partial charge in [0, 0.05) is 0 Å². The molecule has 32 valence electrons. The first kappa shape index (κ1) is 9.15. The summed E-state index contributed by atoms with van der Waals surface area (Å²) in [6.07, 6.45) is 6.18. The Labute approximate surface area is 48.2 Å². The van der Waals surface area contributed by atoms with E-state index in [0.717, 1.165) is 0 Å². The van der Waals surface area contributed by atoms with E-state index < -0.39 is 0 Å². The molecule has 1 heteroatoms. The molecule has 0 aromatic rings. The van der Waals surface area contributed by atoms with Crippen molar-refractivity contribution in [2.45, 2.75) is 6.92 Å². The van der Waals surface area contributed by atoms with Gasteiger partial charge in [-0.3, -0.25) is 11.8 Å². The van der Waals surface area contributed by atoms with Gasteiger partial charge in [0.15, 0.2) is 0 Å². The van der Waals surface area contributed by atoms with E-state index in [2.05, 4.69) is 11.8 Å². The molecule has 0 nitrogen and oxygen atoms in total. The third kappa shape index (κ3) is 9.48. The second-order valence-corrected chi connectivity index (χ2v) is 0.500. The van der Waals surface area contributed by atoms with Crippen molar-refractivity contribution in [1.82, 2.24) is 0 Å². The van der Waals surface area contributed by atoms with Crippen molar-refractivity contribution in [3.8, 4) is 17.8 Å². The predicted molar refractivity (Wildman–Crippen MR) is 20.6 cm³/mol. The zero-order valence-electron chi connectivity index (χ0n) is 3.32. The summed E-state index contributed by atoms with van der Waals surface area (Å²) in [5, 5.41) is 0. The average Bonchev–Trinajstić information content (AvgIpc) is 1.41. The van der Waals surface area contributed by atoms with Gasteiger partial charge in [0.05, 0.1) is 0 Å². The summed E-state index contributed by atoms with van der Waals surface area (Å²) in [6, 6.07) is 0. The fraction of sp³-hybridized carbons (Fsp3) is 0.200. The van der Waals surface area contributed by atoms with Crippen molar-refractivity contribution in [3.63, 3.8) is 0 Å². The molecule has 0 N–H and O–H groups in total. The number of hydrogen-bond acceptors (Lipinski definition) is 0. The Balaban J connectivity index is 0. The first-order valence-electron chi connectivity index (χ1n) is 1.25. The second-order valence-electron chi connectivity index (χ2n) is 0.500. The third-order valence-corrected chi connectivity index (χ3v) is 0.188. The third-order valence-electron chi connectivity index (χ3n) is 0.188. The van der Waals surface area contributed by atoms with Crippen LogP contribution in [0.25, 0.3) is 0 Å². The Morgan fingerprint density at radius 2 is 2.00 bits per heavy atom. The Bertz CT molecular complexity index is 97.3. The summed E-state index contributed by atoms with van der Waals surface area (Å²) in [7, 11) is 0. The van der Waals surface area contributed by atoms with Gasteiger partial charge < -0.3 is 6.42 Å². The summed E-state index contributed by atoms with van der Waals surface area (Å²) in [5.74, 6) is 6.65. The Morgan fingerprint density at radius 1 is 1.50 bits per heavy atom. The van der Waals surface area contributed by atoms with Crippen LogP contribution in [0.2, 0.25) is 0 Å². The molecule has 0 radical (unpaired) electrons. The summed E-state index contributed by atoms with van der Waals surface area (Å²) < 4.78 is 0. The minimum absolute atomic E-state index is 0. The monoisotopic (exact) mass is 121 g/mol. The maximum Gasteiger partial charge on any atom is 2.00 e. The minimum atomic E-state index is 0. The fourth-order valence-electron chi connectivity index (χ4n) is 0.0625. The molecule has 0 aliphatic rings. The van der Waals surface area contributed by atoms with Crippen LogP contribution in [0.3, 0.4) is 0 Å². The zero-order valence-corrected chi connectivity index (χ0v) is 4.30. The van der Waals surface area contributed by atoms with E-state index in [0.29, 0.717) is 0 Å². The van der Waals surface area contributed by atoms with Crippen LogP contribution in [-0.2, 0) is 16.5 Å². The molecule has 0 rings (SSSR count). The van der Waals surface area contributed by atoms with E-state index >= 15 is 0 Å². The second kappa shape index (κ2) is 8.82. The van der Waals surface area contributed by atoms with Gasteiger partial charge in [-0.05, 0) is 6.92 Å². The van der Waals surface area contributed by atoms with Crippen LogP contribution in [0.4, 0.5) is 0 Å². The standard InChI is InChI=1S/C5H3.Ni/c1-3-5-4-2;/h1H3;/q-1;+2. The average molecular weight is 122 g/mol. The summed E-state index contributed by atoms with van der Waals surface area (Å²) in [4.78, 5) is 0. The molecule has 0 fully saturated rings. The van der Waals surface area contributed by atoms with E-state index in [1.807, 2.05) is 5.92 Å². The van der Waals surface area contributed by atoms with Crippen LogP contribution >= 0.6 is 0 Å². The van der Waals surface area contributed by atoms with E-state index in [-0.39, 0.29) is 16.5 Å². The van der Waals surface area contributed by atoms with Crippen molar-refractivity contribution in [1.29, 1.82) is 0 Å². The van der Waals surface area contributed by atoms with Crippen molar-refractivity contribution in [2.24, 2.45) is 0 Å². The molecule has 0 aliphatic carbocycles. The molecule has 0 aromatic heterocycles. The zero-order chi connectivity index (χ0) is 4.12. The van der Waals surface area contributed by atoms with Gasteiger partial charge in [0.25, 0.3) is 0 Å². The topological polar surface area (TPSA) is 0 Å². The van der Waals surface area contributed by atoms with E-state index in [1.54, 1.807) is 6.92 Å². The molecule has 0 saturated carbocycles. The molecule has 0 aliphatic heterocycles. The van der Waals surface area contributed by atoms with Crippen molar-refractivity contribution in [2.75, 3.05) is 0 Å². The Kier molecular flexibility index (Phi) is 13.5. The van der Waals surface area contributed by atoms with Crippen LogP contribution in [-0.4, -0.2) is 0 Å². The molecule has 0 saturated heterocycles. The van der Waals surface area contributed by atoms with Crippen LogP contribution in [0.5, 0.6) is 0 Å². The smallest absolute Gasteiger partial charge is 0.358 e. The normalized spacial score (nSPS) is 2.67. The number of hydrogen-bond donors (Lipinski definition) is 0. The Hall–Kier alpha value is -0.386. The van der Waals surface area contributed by atoms with Gasteiger partial charge in [0.1, 0.15) is 0 Å². The van der Waals surface area contributed by atoms with Crippen LogP contribution in [0.15, 0.2) is 0 Å². The van der Waals surface area contributed by atoms with Crippen LogP contribution < -0.4 is 0 Å². The molecular formula is C5H3Ni+. The van der Waals surface area contributed by atoms with Gasteiger partial charge in [-0.25, -0.2) is 5.92 Å². The first-order chi connectivity index (χ1) is 2.41. The van der Waals surface area contributed by atoms with Crippen molar-refractivity contribution < 1.29 is 16.5 Å². The van der Waals surface area contributed by atoms with Gasteiger partial charge in [-0.1, -0.05) is 0 Å². The van der Waals surface area contributed by atoms with Gasteiger partial charge >= 0.3 is 16.5 Å². The quantitative estimate of drug-likeness (QED) is 0.250. The number of rotatable bonds is 0. The molecule has 0 spiro atoms. The van der Waals surface area contributed by atoms with E-state index in [4.69, 9.17) is 6.42 Å². The van der Waals surface area contributed by atoms with Crippen LogP contribution in [0, 0.1) is 24.2 Å². The molecule has 0 bridgehead atoms. The van der Waals surface area contributed by atoms with Crippen LogP contribution in [0.1, 0.15) is 6.92 Å². The molecule has 0 atom stereocenters. The molecule has 6 heavy (non-hydrogen) atoms. The van der Waals surface area contributed by atoms with Crippen molar-refractivity contribution >= 4 is 0 Å². The molecular weight excluding hydrogens is 119 g/mol. The molecule has 0 heterocycles. The maximum absolute atomic E-state index is 6.18. The van der Waals surface area contributed by atoms with Gasteiger partial charge in [0.2, 0.25) is 0 Å². The van der Waals surface area contributed by atoms with E-state index in [1.165, 1.54) is 0 Å². The SMILES string of the molecule is [C-]#CC#CC.[Ni+2]. The summed E-state index contributed by atoms with van der Waals surface area (Å²) in [5.41, 5.74) is 0. The minimum Gasteiger partial charge on any atom is -0.358 e. The van der Waals surface area contributed by atoms with Crippen molar-refractivity contribution in [3.05, 3.63) is 6.42 Å². The first-order valence-corrected chi connectivity index (χ1v) is 1.25. The summed E-state index contributed by atoms with van der Waals surface area (Å²) in [6.45, 7) is 1.67. The van der Waals surface area contributed by atoms with E-state index in [9.17, 15) is 0 Å². The summed E-state index contributed by atoms with van der Waals surface area (Å²) >= 11 is 0. The molecule has 0 aromatic carbocycles. The molecule has 0 amide bonds. The Morgan fingerprint density at radius 3 is 2.00 bits per heavy atom. The molecule has 0 unspecified atom stereocenters. The maximum atomic E-state index is 6.18.